The third-order valence-corrected chi connectivity index (χ3v) is 4.17. The van der Waals surface area contributed by atoms with Crippen LogP contribution in [-0.2, 0) is 11.3 Å². The second kappa shape index (κ2) is 10.1. The second-order valence-corrected chi connectivity index (χ2v) is 6.20. The SMILES string of the molecule is COc1ccccc1CNCCC(=O)Nc1ccccc1Oc1ccccc1. The lowest BCUT2D eigenvalue weighted by Crippen LogP contribution is -2.21. The van der Waals surface area contributed by atoms with Gasteiger partial charge in [-0.2, -0.15) is 0 Å². The number of ether oxygens (including phenoxy) is 2. The molecule has 0 heterocycles. The van der Waals surface area contributed by atoms with E-state index < -0.39 is 0 Å². The molecule has 0 bridgehead atoms. The maximum Gasteiger partial charge on any atom is 0.225 e. The molecule has 0 aliphatic carbocycles. The molecule has 5 heteroatoms. The Morgan fingerprint density at radius 3 is 2.32 bits per heavy atom. The zero-order valence-corrected chi connectivity index (χ0v) is 15.9. The van der Waals surface area contributed by atoms with E-state index in [0.29, 0.717) is 30.9 Å². The number of para-hydroxylation sites is 4. The maximum atomic E-state index is 12.3. The van der Waals surface area contributed by atoms with Crippen molar-refractivity contribution in [3.8, 4) is 17.2 Å². The number of rotatable bonds is 9. The molecule has 0 aliphatic rings. The van der Waals surface area contributed by atoms with Crippen molar-refractivity contribution in [3.63, 3.8) is 0 Å². The summed E-state index contributed by atoms with van der Waals surface area (Å²) >= 11 is 0. The summed E-state index contributed by atoms with van der Waals surface area (Å²) in [5.74, 6) is 2.11. The molecule has 0 aromatic heterocycles. The summed E-state index contributed by atoms with van der Waals surface area (Å²) in [6.07, 6.45) is 0.356. The number of hydrogen-bond acceptors (Lipinski definition) is 4. The summed E-state index contributed by atoms with van der Waals surface area (Å²) in [6, 6.07) is 24.7. The minimum Gasteiger partial charge on any atom is -0.496 e. The largest absolute Gasteiger partial charge is 0.496 e. The zero-order chi connectivity index (χ0) is 19.6. The number of carbonyl (C=O) groups excluding carboxylic acids is 1. The standard InChI is InChI=1S/C23H24N2O3/c1-27-21-13-7-5-9-18(21)17-24-16-15-23(26)25-20-12-6-8-14-22(20)28-19-10-3-2-4-11-19/h2-14,24H,15-17H2,1H3,(H,25,26). The third-order valence-electron chi connectivity index (χ3n) is 4.17. The van der Waals surface area contributed by atoms with Gasteiger partial charge in [0, 0.05) is 25.1 Å². The minimum atomic E-state index is -0.0726. The molecule has 3 aromatic rings. The van der Waals surface area contributed by atoms with Crippen LogP contribution in [-0.4, -0.2) is 19.6 Å². The lowest BCUT2D eigenvalue weighted by atomic mass is 10.2. The van der Waals surface area contributed by atoms with Gasteiger partial charge in [0.1, 0.15) is 11.5 Å². The van der Waals surface area contributed by atoms with E-state index in [1.54, 1.807) is 7.11 Å². The molecule has 0 unspecified atom stereocenters. The van der Waals surface area contributed by atoms with E-state index in [2.05, 4.69) is 10.6 Å². The van der Waals surface area contributed by atoms with Gasteiger partial charge in [0.05, 0.1) is 12.8 Å². The highest BCUT2D eigenvalue weighted by molar-refractivity contribution is 5.92. The monoisotopic (exact) mass is 376 g/mol. The van der Waals surface area contributed by atoms with Crippen LogP contribution >= 0.6 is 0 Å². The van der Waals surface area contributed by atoms with Gasteiger partial charge in [-0.15, -0.1) is 0 Å². The average molecular weight is 376 g/mol. The molecule has 3 rings (SSSR count). The van der Waals surface area contributed by atoms with Gasteiger partial charge in [0.25, 0.3) is 0 Å². The molecule has 0 saturated carbocycles. The van der Waals surface area contributed by atoms with E-state index in [4.69, 9.17) is 9.47 Å². The number of carbonyl (C=O) groups is 1. The van der Waals surface area contributed by atoms with Gasteiger partial charge in [-0.3, -0.25) is 4.79 Å². The Labute approximate surface area is 165 Å². The number of nitrogens with one attached hydrogen (secondary N) is 2. The summed E-state index contributed by atoms with van der Waals surface area (Å²) in [5.41, 5.74) is 1.72. The Balaban J connectivity index is 1.50. The smallest absolute Gasteiger partial charge is 0.225 e. The molecule has 0 radical (unpaired) electrons. The highest BCUT2D eigenvalue weighted by Crippen LogP contribution is 2.29. The quantitative estimate of drug-likeness (QED) is 0.536. The van der Waals surface area contributed by atoms with Crippen molar-refractivity contribution in [1.29, 1.82) is 0 Å². The summed E-state index contributed by atoms with van der Waals surface area (Å²) in [7, 11) is 1.65. The van der Waals surface area contributed by atoms with Crippen molar-refractivity contribution in [3.05, 3.63) is 84.4 Å². The first-order valence-corrected chi connectivity index (χ1v) is 9.20. The molecule has 1 amide bonds. The molecule has 0 atom stereocenters. The highest BCUT2D eigenvalue weighted by atomic mass is 16.5. The van der Waals surface area contributed by atoms with Crippen molar-refractivity contribution in [1.82, 2.24) is 5.32 Å². The van der Waals surface area contributed by atoms with Crippen LogP contribution in [0.3, 0.4) is 0 Å². The van der Waals surface area contributed by atoms with E-state index >= 15 is 0 Å². The van der Waals surface area contributed by atoms with Gasteiger partial charge in [0.2, 0.25) is 5.91 Å². The van der Waals surface area contributed by atoms with E-state index in [1.165, 1.54) is 0 Å². The third kappa shape index (κ3) is 5.59. The number of anilines is 1. The molecule has 0 fully saturated rings. The predicted molar refractivity (Wildman–Crippen MR) is 111 cm³/mol. The van der Waals surface area contributed by atoms with E-state index in [9.17, 15) is 4.79 Å². The Morgan fingerprint density at radius 1 is 0.857 bits per heavy atom. The first-order chi connectivity index (χ1) is 13.8. The van der Waals surface area contributed by atoms with Crippen molar-refractivity contribution in [2.75, 3.05) is 19.0 Å². The van der Waals surface area contributed by atoms with Crippen molar-refractivity contribution < 1.29 is 14.3 Å². The predicted octanol–water partition coefficient (Wildman–Crippen LogP) is 4.61. The second-order valence-electron chi connectivity index (χ2n) is 6.20. The first-order valence-electron chi connectivity index (χ1n) is 9.20. The minimum absolute atomic E-state index is 0.0726. The van der Waals surface area contributed by atoms with E-state index in [0.717, 1.165) is 17.1 Å². The lowest BCUT2D eigenvalue weighted by Gasteiger charge is -2.13. The molecule has 0 spiro atoms. The average Bonchev–Trinajstić information content (AvgIpc) is 2.74. The molecular formula is C23H24N2O3. The number of methoxy groups -OCH3 is 1. The fraction of sp³-hybridized carbons (Fsp3) is 0.174. The Kier molecular flexibility index (Phi) is 7.04. The molecule has 3 aromatic carbocycles. The number of amides is 1. The summed E-state index contributed by atoms with van der Waals surface area (Å²) in [4.78, 5) is 12.3. The fourth-order valence-corrected chi connectivity index (χ4v) is 2.76. The molecule has 144 valence electrons. The molecule has 0 saturated heterocycles. The van der Waals surface area contributed by atoms with Crippen LogP contribution in [0.25, 0.3) is 0 Å². The number of benzene rings is 3. The van der Waals surface area contributed by atoms with E-state index in [-0.39, 0.29) is 5.91 Å². The molecule has 0 aliphatic heterocycles. The van der Waals surface area contributed by atoms with Crippen LogP contribution in [0.15, 0.2) is 78.9 Å². The van der Waals surface area contributed by atoms with Gasteiger partial charge in [-0.1, -0.05) is 48.5 Å². The normalized spacial score (nSPS) is 10.3. The van der Waals surface area contributed by atoms with Crippen LogP contribution in [0.5, 0.6) is 17.2 Å². The lowest BCUT2D eigenvalue weighted by molar-refractivity contribution is -0.116. The number of hydrogen-bond donors (Lipinski definition) is 2. The van der Waals surface area contributed by atoms with Gasteiger partial charge in [0.15, 0.2) is 5.75 Å². The Hall–Kier alpha value is -3.31. The van der Waals surface area contributed by atoms with Crippen molar-refractivity contribution in [2.45, 2.75) is 13.0 Å². The van der Waals surface area contributed by atoms with Gasteiger partial charge < -0.3 is 20.1 Å². The maximum absolute atomic E-state index is 12.3. The van der Waals surface area contributed by atoms with Crippen LogP contribution in [0, 0.1) is 0 Å². The highest BCUT2D eigenvalue weighted by Gasteiger charge is 2.08. The Bertz CT molecular complexity index is 897. The summed E-state index contributed by atoms with van der Waals surface area (Å²) in [5, 5.41) is 6.20. The molecule has 5 nitrogen and oxygen atoms in total. The van der Waals surface area contributed by atoms with E-state index in [1.807, 2.05) is 78.9 Å². The zero-order valence-electron chi connectivity index (χ0n) is 15.9. The summed E-state index contributed by atoms with van der Waals surface area (Å²) < 4.78 is 11.2. The topological polar surface area (TPSA) is 59.6 Å². The molecule has 28 heavy (non-hydrogen) atoms. The van der Waals surface area contributed by atoms with Crippen LogP contribution < -0.4 is 20.1 Å². The van der Waals surface area contributed by atoms with Crippen LogP contribution in [0.2, 0.25) is 0 Å². The van der Waals surface area contributed by atoms with Gasteiger partial charge >= 0.3 is 0 Å². The van der Waals surface area contributed by atoms with Crippen LogP contribution in [0.4, 0.5) is 5.69 Å². The van der Waals surface area contributed by atoms with Crippen LogP contribution in [0.1, 0.15) is 12.0 Å². The van der Waals surface area contributed by atoms with Crippen molar-refractivity contribution in [2.24, 2.45) is 0 Å². The fourth-order valence-electron chi connectivity index (χ4n) is 2.76. The van der Waals surface area contributed by atoms with Crippen molar-refractivity contribution >= 4 is 11.6 Å². The molecular weight excluding hydrogens is 352 g/mol. The van der Waals surface area contributed by atoms with Gasteiger partial charge in [-0.05, 0) is 30.3 Å². The summed E-state index contributed by atoms with van der Waals surface area (Å²) in [6.45, 7) is 1.20. The Morgan fingerprint density at radius 2 is 1.54 bits per heavy atom. The van der Waals surface area contributed by atoms with Gasteiger partial charge in [-0.25, -0.2) is 0 Å². The first kappa shape index (κ1) is 19.5. The molecule has 2 N–H and O–H groups in total.